The number of carboxylic acid groups (broad SMARTS) is 1. The van der Waals surface area contributed by atoms with E-state index in [0.717, 1.165) is 22.6 Å². The Balaban J connectivity index is 1.38. The van der Waals surface area contributed by atoms with E-state index < -0.39 is 11.4 Å². The van der Waals surface area contributed by atoms with Gasteiger partial charge in [0, 0.05) is 11.1 Å². The maximum atomic E-state index is 11.8. The number of carboxylic acids is 1. The van der Waals surface area contributed by atoms with E-state index in [1.807, 2.05) is 91.9 Å². The number of nitrogens with zero attached hydrogens (tertiary/aromatic N) is 2. The van der Waals surface area contributed by atoms with Gasteiger partial charge < -0.3 is 19.1 Å². The van der Waals surface area contributed by atoms with E-state index in [2.05, 4.69) is 10.1 Å². The molecule has 0 aliphatic rings. The number of carbonyl (C=O) groups is 1. The van der Waals surface area contributed by atoms with Crippen molar-refractivity contribution in [2.75, 3.05) is 0 Å². The van der Waals surface area contributed by atoms with Crippen molar-refractivity contribution in [3.63, 3.8) is 0 Å². The van der Waals surface area contributed by atoms with Gasteiger partial charge in [0.05, 0.1) is 0 Å². The zero-order chi connectivity index (χ0) is 25.5. The van der Waals surface area contributed by atoms with Crippen molar-refractivity contribution in [1.82, 2.24) is 4.98 Å². The van der Waals surface area contributed by atoms with E-state index >= 15 is 0 Å². The molecule has 7 nitrogen and oxygen atoms in total. The second-order valence-electron chi connectivity index (χ2n) is 8.83. The van der Waals surface area contributed by atoms with Gasteiger partial charge >= 0.3 is 5.97 Å². The molecule has 4 aromatic rings. The van der Waals surface area contributed by atoms with E-state index in [0.29, 0.717) is 22.9 Å². The number of hydrogen-bond donors (Lipinski definition) is 1. The average Bonchev–Trinajstić information content (AvgIpc) is 3.27. The van der Waals surface area contributed by atoms with Crippen molar-refractivity contribution in [2.24, 2.45) is 10.6 Å². The summed E-state index contributed by atoms with van der Waals surface area (Å²) >= 11 is 0. The molecule has 0 aliphatic heterocycles. The molecule has 0 unspecified atom stereocenters. The quantitative estimate of drug-likeness (QED) is 0.211. The predicted octanol–water partition coefficient (Wildman–Crippen LogP) is 6.26. The molecule has 0 spiro atoms. The Morgan fingerprint density at radius 3 is 2.22 bits per heavy atom. The van der Waals surface area contributed by atoms with E-state index in [1.54, 1.807) is 13.8 Å². The molecule has 0 aliphatic carbocycles. The van der Waals surface area contributed by atoms with Gasteiger partial charge in [0.25, 0.3) is 0 Å². The van der Waals surface area contributed by atoms with E-state index in [1.165, 1.54) is 0 Å². The number of benzene rings is 3. The smallest absolute Gasteiger partial charge is 0.315 e. The minimum absolute atomic E-state index is 0.190. The summed E-state index contributed by atoms with van der Waals surface area (Å²) in [5, 5.41) is 13.9. The summed E-state index contributed by atoms with van der Waals surface area (Å²) in [6.45, 7) is 5.56. The summed E-state index contributed by atoms with van der Waals surface area (Å²) in [7, 11) is 0. The maximum absolute atomic E-state index is 11.8. The standard InChI is InChI=1S/C29H28N2O5/c1-20-25(30-27(36-20)23-12-8-5-9-13-23)19-34-24-16-14-21(15-17-24)18-35-31-26(29(2,3)28(32)33)22-10-6-4-7-11-22/h4-17H,18-19H2,1-3H3,(H,32,33). The van der Waals surface area contributed by atoms with Crippen LogP contribution in [0, 0.1) is 12.3 Å². The molecular formula is C29H28N2O5. The second-order valence-corrected chi connectivity index (χ2v) is 8.83. The highest BCUT2D eigenvalue weighted by Crippen LogP contribution is 2.25. The van der Waals surface area contributed by atoms with Gasteiger partial charge in [0.2, 0.25) is 5.89 Å². The highest BCUT2D eigenvalue weighted by Gasteiger charge is 2.35. The molecule has 0 bridgehead atoms. The van der Waals surface area contributed by atoms with Crippen LogP contribution in [0.2, 0.25) is 0 Å². The third-order valence-corrected chi connectivity index (χ3v) is 5.77. The van der Waals surface area contributed by atoms with Gasteiger partial charge in [-0.25, -0.2) is 4.98 Å². The lowest BCUT2D eigenvalue weighted by atomic mass is 9.83. The van der Waals surface area contributed by atoms with Crippen LogP contribution in [-0.2, 0) is 22.8 Å². The van der Waals surface area contributed by atoms with Crippen LogP contribution >= 0.6 is 0 Å². The van der Waals surface area contributed by atoms with E-state index in [4.69, 9.17) is 14.0 Å². The highest BCUT2D eigenvalue weighted by atomic mass is 16.6. The minimum atomic E-state index is -1.21. The minimum Gasteiger partial charge on any atom is -0.487 e. The zero-order valence-electron chi connectivity index (χ0n) is 20.5. The van der Waals surface area contributed by atoms with Crippen LogP contribution < -0.4 is 4.74 Å². The molecule has 36 heavy (non-hydrogen) atoms. The third kappa shape index (κ3) is 5.81. The monoisotopic (exact) mass is 484 g/mol. The first-order valence-electron chi connectivity index (χ1n) is 11.6. The summed E-state index contributed by atoms with van der Waals surface area (Å²) < 4.78 is 11.7. The molecular weight excluding hydrogens is 456 g/mol. The van der Waals surface area contributed by atoms with Crippen LogP contribution in [-0.4, -0.2) is 21.8 Å². The Morgan fingerprint density at radius 1 is 0.944 bits per heavy atom. The molecule has 0 radical (unpaired) electrons. The number of ether oxygens (including phenoxy) is 1. The Bertz CT molecular complexity index is 1330. The van der Waals surface area contributed by atoms with Crippen molar-refractivity contribution in [2.45, 2.75) is 34.0 Å². The molecule has 1 aromatic heterocycles. The average molecular weight is 485 g/mol. The van der Waals surface area contributed by atoms with Gasteiger partial charge in [-0.2, -0.15) is 0 Å². The first-order valence-corrected chi connectivity index (χ1v) is 11.6. The number of aliphatic carboxylic acids is 1. The highest BCUT2D eigenvalue weighted by molar-refractivity contribution is 6.14. The topological polar surface area (TPSA) is 94.2 Å². The zero-order valence-corrected chi connectivity index (χ0v) is 20.5. The van der Waals surface area contributed by atoms with Gasteiger partial charge in [0.1, 0.15) is 41.5 Å². The van der Waals surface area contributed by atoms with Gasteiger partial charge in [-0.1, -0.05) is 65.8 Å². The summed E-state index contributed by atoms with van der Waals surface area (Å²) in [5.41, 5.74) is 2.38. The number of aromatic nitrogens is 1. The first kappa shape index (κ1) is 24.7. The molecule has 1 N–H and O–H groups in total. The van der Waals surface area contributed by atoms with Crippen LogP contribution in [0.15, 0.2) is 94.5 Å². The number of hydrogen-bond acceptors (Lipinski definition) is 6. The molecule has 1 heterocycles. The number of rotatable bonds is 10. The number of oxime groups is 1. The summed E-state index contributed by atoms with van der Waals surface area (Å²) in [6.07, 6.45) is 0. The molecule has 3 aromatic carbocycles. The normalized spacial score (nSPS) is 11.8. The van der Waals surface area contributed by atoms with Crippen LogP contribution in [0.1, 0.15) is 36.4 Å². The predicted molar refractivity (Wildman–Crippen MR) is 137 cm³/mol. The number of oxazole rings is 1. The van der Waals surface area contributed by atoms with Gasteiger partial charge in [-0.05, 0) is 50.6 Å². The maximum Gasteiger partial charge on any atom is 0.315 e. The van der Waals surface area contributed by atoms with E-state index in [9.17, 15) is 9.90 Å². The molecule has 4 rings (SSSR count). The Morgan fingerprint density at radius 2 is 1.58 bits per heavy atom. The van der Waals surface area contributed by atoms with Crippen molar-refractivity contribution in [3.05, 3.63) is 108 Å². The van der Waals surface area contributed by atoms with E-state index in [-0.39, 0.29) is 13.2 Å². The van der Waals surface area contributed by atoms with Crippen molar-refractivity contribution in [1.29, 1.82) is 0 Å². The lowest BCUT2D eigenvalue weighted by molar-refractivity contribution is -0.143. The fourth-order valence-electron chi connectivity index (χ4n) is 3.50. The molecule has 0 saturated heterocycles. The SMILES string of the molecule is Cc1oc(-c2ccccc2)nc1COc1ccc(CON=C(c2ccccc2)C(C)(C)C(=O)O)cc1. The van der Waals surface area contributed by atoms with Crippen molar-refractivity contribution < 1.29 is 23.9 Å². The van der Waals surface area contributed by atoms with Crippen LogP contribution in [0.4, 0.5) is 0 Å². The lowest BCUT2D eigenvalue weighted by Crippen LogP contribution is -2.34. The lowest BCUT2D eigenvalue weighted by Gasteiger charge is -2.21. The largest absolute Gasteiger partial charge is 0.487 e. The fourth-order valence-corrected chi connectivity index (χ4v) is 3.50. The Labute approximate surface area is 210 Å². The molecule has 0 saturated carbocycles. The molecule has 0 atom stereocenters. The van der Waals surface area contributed by atoms with Crippen LogP contribution in [0.5, 0.6) is 5.75 Å². The van der Waals surface area contributed by atoms with Gasteiger partial charge in [-0.15, -0.1) is 0 Å². The molecule has 7 heteroatoms. The summed E-state index contributed by atoms with van der Waals surface area (Å²) in [5.74, 6) is 0.993. The van der Waals surface area contributed by atoms with Crippen LogP contribution in [0.3, 0.4) is 0 Å². The third-order valence-electron chi connectivity index (χ3n) is 5.77. The summed E-state index contributed by atoms with van der Waals surface area (Å²) in [4.78, 5) is 21.9. The van der Waals surface area contributed by atoms with Gasteiger partial charge in [0.15, 0.2) is 0 Å². The Kier molecular flexibility index (Phi) is 7.49. The van der Waals surface area contributed by atoms with Gasteiger partial charge in [-0.3, -0.25) is 4.79 Å². The second kappa shape index (κ2) is 10.9. The molecule has 184 valence electrons. The molecule has 0 fully saturated rings. The molecule has 0 amide bonds. The van der Waals surface area contributed by atoms with Crippen LogP contribution in [0.25, 0.3) is 11.5 Å². The number of aryl methyl sites for hydroxylation is 1. The first-order chi connectivity index (χ1) is 17.3. The fraction of sp³-hybridized carbons (Fsp3) is 0.207. The Hall–Kier alpha value is -4.39. The van der Waals surface area contributed by atoms with Crippen molar-refractivity contribution >= 4 is 11.7 Å². The summed E-state index contributed by atoms with van der Waals surface area (Å²) in [6, 6.07) is 26.3. The van der Waals surface area contributed by atoms with Crippen molar-refractivity contribution in [3.8, 4) is 17.2 Å².